The summed E-state index contributed by atoms with van der Waals surface area (Å²) in [5.41, 5.74) is 3.50. The van der Waals surface area contributed by atoms with Gasteiger partial charge in [-0.1, -0.05) is 17.7 Å². The molecule has 1 N–H and O–H groups in total. The minimum atomic E-state index is -0.153. The van der Waals surface area contributed by atoms with Crippen LogP contribution in [0.2, 0.25) is 5.02 Å². The van der Waals surface area contributed by atoms with Crippen molar-refractivity contribution in [3.63, 3.8) is 0 Å². The van der Waals surface area contributed by atoms with Crippen molar-refractivity contribution in [3.05, 3.63) is 33.8 Å². The molecule has 0 amide bonds. The molecule has 100 valence electrons. The van der Waals surface area contributed by atoms with Crippen LogP contribution in [0, 0.1) is 13.8 Å². The van der Waals surface area contributed by atoms with E-state index in [1.807, 2.05) is 7.05 Å². The number of hydrogen-bond donors (Lipinski definition) is 1. The normalized spacial score (nSPS) is 25.4. The summed E-state index contributed by atoms with van der Waals surface area (Å²) in [5, 5.41) is 4.21. The summed E-state index contributed by atoms with van der Waals surface area (Å²) in [6, 6.07) is 4.38. The molecule has 1 saturated heterocycles. The number of rotatable bonds is 3. The van der Waals surface area contributed by atoms with Crippen molar-refractivity contribution in [2.24, 2.45) is 0 Å². The van der Waals surface area contributed by atoms with E-state index in [0.29, 0.717) is 0 Å². The average Bonchev–Trinajstić information content (AvgIpc) is 2.74. The SMILES string of the molecule is CNC(c1cc(C)c(C)cc1Cl)C1(C)CCCO1. The molecule has 0 spiro atoms. The lowest BCUT2D eigenvalue weighted by Crippen LogP contribution is -2.39. The third-order valence-electron chi connectivity index (χ3n) is 4.07. The Morgan fingerprint density at radius 3 is 2.56 bits per heavy atom. The summed E-state index contributed by atoms with van der Waals surface area (Å²) in [6.07, 6.45) is 2.19. The maximum Gasteiger partial charge on any atom is 0.0849 e. The molecule has 2 rings (SSSR count). The monoisotopic (exact) mass is 267 g/mol. The molecule has 0 aliphatic carbocycles. The predicted octanol–water partition coefficient (Wildman–Crippen LogP) is 3.79. The van der Waals surface area contributed by atoms with E-state index >= 15 is 0 Å². The molecule has 1 aliphatic heterocycles. The van der Waals surface area contributed by atoms with Crippen molar-refractivity contribution in [1.82, 2.24) is 5.32 Å². The van der Waals surface area contributed by atoms with Crippen molar-refractivity contribution in [2.75, 3.05) is 13.7 Å². The summed E-state index contributed by atoms with van der Waals surface area (Å²) >= 11 is 6.42. The topological polar surface area (TPSA) is 21.3 Å². The molecule has 1 aliphatic rings. The van der Waals surface area contributed by atoms with Crippen molar-refractivity contribution in [3.8, 4) is 0 Å². The van der Waals surface area contributed by atoms with Crippen LogP contribution in [0.3, 0.4) is 0 Å². The molecule has 0 bridgehead atoms. The zero-order valence-electron chi connectivity index (χ0n) is 11.6. The van der Waals surface area contributed by atoms with Crippen molar-refractivity contribution < 1.29 is 4.74 Å². The third-order valence-corrected chi connectivity index (χ3v) is 4.40. The Morgan fingerprint density at radius 1 is 1.33 bits per heavy atom. The highest BCUT2D eigenvalue weighted by Crippen LogP contribution is 2.40. The number of aryl methyl sites for hydroxylation is 2. The van der Waals surface area contributed by atoms with Gasteiger partial charge in [-0.05, 0) is 63.4 Å². The van der Waals surface area contributed by atoms with E-state index in [0.717, 1.165) is 30.0 Å². The van der Waals surface area contributed by atoms with Crippen molar-refractivity contribution in [1.29, 1.82) is 0 Å². The molecule has 0 radical (unpaired) electrons. The first-order valence-electron chi connectivity index (χ1n) is 6.56. The van der Waals surface area contributed by atoms with Gasteiger partial charge in [0.05, 0.1) is 11.6 Å². The molecular weight excluding hydrogens is 246 g/mol. The number of ether oxygens (including phenoxy) is 1. The highest BCUT2D eigenvalue weighted by atomic mass is 35.5. The first kappa shape index (κ1) is 13.9. The fourth-order valence-corrected chi connectivity index (χ4v) is 3.17. The number of benzene rings is 1. The van der Waals surface area contributed by atoms with Gasteiger partial charge in [0, 0.05) is 11.6 Å². The Hall–Kier alpha value is -0.570. The van der Waals surface area contributed by atoms with E-state index in [1.165, 1.54) is 11.1 Å². The fraction of sp³-hybridized carbons (Fsp3) is 0.600. The summed E-state index contributed by atoms with van der Waals surface area (Å²) in [7, 11) is 1.98. The van der Waals surface area contributed by atoms with Crippen LogP contribution in [-0.2, 0) is 4.74 Å². The molecule has 2 unspecified atom stereocenters. The number of nitrogens with one attached hydrogen (secondary N) is 1. The van der Waals surface area contributed by atoms with Crippen LogP contribution in [0.1, 0.15) is 42.5 Å². The van der Waals surface area contributed by atoms with Crippen LogP contribution in [0.15, 0.2) is 12.1 Å². The van der Waals surface area contributed by atoms with Gasteiger partial charge in [0.1, 0.15) is 0 Å². The Bertz CT molecular complexity index is 438. The standard InChI is InChI=1S/C15H22ClNO/c1-10-8-12(13(16)9-11(10)2)14(17-4)15(3)6-5-7-18-15/h8-9,14,17H,5-7H2,1-4H3. The lowest BCUT2D eigenvalue weighted by atomic mass is 9.86. The molecule has 2 nitrogen and oxygen atoms in total. The van der Waals surface area contributed by atoms with E-state index in [-0.39, 0.29) is 11.6 Å². The molecule has 0 saturated carbocycles. The molecule has 2 atom stereocenters. The highest BCUT2D eigenvalue weighted by Gasteiger charge is 2.39. The second kappa shape index (κ2) is 5.20. The van der Waals surface area contributed by atoms with Gasteiger partial charge in [0.15, 0.2) is 0 Å². The Balaban J connectivity index is 2.41. The van der Waals surface area contributed by atoms with Gasteiger partial charge in [-0.15, -0.1) is 0 Å². The van der Waals surface area contributed by atoms with Gasteiger partial charge < -0.3 is 10.1 Å². The first-order chi connectivity index (χ1) is 8.48. The maximum absolute atomic E-state index is 6.42. The number of halogens is 1. The minimum Gasteiger partial charge on any atom is -0.373 e. The Labute approximate surface area is 115 Å². The highest BCUT2D eigenvalue weighted by molar-refractivity contribution is 6.31. The van der Waals surface area contributed by atoms with E-state index in [1.54, 1.807) is 0 Å². The van der Waals surface area contributed by atoms with E-state index in [4.69, 9.17) is 16.3 Å². The van der Waals surface area contributed by atoms with Gasteiger partial charge in [-0.3, -0.25) is 0 Å². The molecule has 1 fully saturated rings. The van der Waals surface area contributed by atoms with E-state index in [2.05, 4.69) is 38.2 Å². The summed E-state index contributed by atoms with van der Waals surface area (Å²) in [6.45, 7) is 7.23. The maximum atomic E-state index is 6.42. The van der Waals surface area contributed by atoms with E-state index in [9.17, 15) is 0 Å². The summed E-state index contributed by atoms with van der Waals surface area (Å²) in [5.74, 6) is 0. The van der Waals surface area contributed by atoms with Crippen LogP contribution in [-0.4, -0.2) is 19.3 Å². The van der Waals surface area contributed by atoms with Gasteiger partial charge in [-0.2, -0.15) is 0 Å². The van der Waals surface area contributed by atoms with Crippen LogP contribution in [0.4, 0.5) is 0 Å². The van der Waals surface area contributed by atoms with Gasteiger partial charge in [0.25, 0.3) is 0 Å². The molecule has 1 heterocycles. The smallest absolute Gasteiger partial charge is 0.0849 e. The fourth-order valence-electron chi connectivity index (χ4n) is 2.84. The lowest BCUT2D eigenvalue weighted by molar-refractivity contribution is -0.0104. The zero-order chi connectivity index (χ0) is 13.3. The Kier molecular flexibility index (Phi) is 4.00. The zero-order valence-corrected chi connectivity index (χ0v) is 12.4. The molecule has 1 aromatic rings. The average molecular weight is 268 g/mol. The predicted molar refractivity (Wildman–Crippen MR) is 76.3 cm³/mol. The summed E-state index contributed by atoms with van der Waals surface area (Å²) in [4.78, 5) is 0. The van der Waals surface area contributed by atoms with Gasteiger partial charge in [-0.25, -0.2) is 0 Å². The second-order valence-corrected chi connectivity index (χ2v) is 5.85. The van der Waals surface area contributed by atoms with Gasteiger partial charge >= 0.3 is 0 Å². The van der Waals surface area contributed by atoms with Crippen molar-refractivity contribution in [2.45, 2.75) is 45.3 Å². The van der Waals surface area contributed by atoms with Crippen LogP contribution in [0.5, 0.6) is 0 Å². The first-order valence-corrected chi connectivity index (χ1v) is 6.93. The quantitative estimate of drug-likeness (QED) is 0.900. The van der Waals surface area contributed by atoms with E-state index < -0.39 is 0 Å². The van der Waals surface area contributed by atoms with Crippen LogP contribution >= 0.6 is 11.6 Å². The molecular formula is C15H22ClNO. The molecule has 18 heavy (non-hydrogen) atoms. The minimum absolute atomic E-state index is 0.145. The van der Waals surface area contributed by atoms with Gasteiger partial charge in [0.2, 0.25) is 0 Å². The Morgan fingerprint density at radius 2 is 2.00 bits per heavy atom. The third kappa shape index (κ3) is 2.42. The summed E-state index contributed by atoms with van der Waals surface area (Å²) < 4.78 is 5.95. The molecule has 0 aromatic heterocycles. The molecule has 1 aromatic carbocycles. The van der Waals surface area contributed by atoms with Crippen LogP contribution < -0.4 is 5.32 Å². The lowest BCUT2D eigenvalue weighted by Gasteiger charge is -2.34. The number of hydrogen-bond acceptors (Lipinski definition) is 2. The number of likely N-dealkylation sites (N-methyl/N-ethyl adjacent to an activating group) is 1. The van der Waals surface area contributed by atoms with Crippen LogP contribution in [0.25, 0.3) is 0 Å². The largest absolute Gasteiger partial charge is 0.373 e. The molecule has 3 heteroatoms. The second-order valence-electron chi connectivity index (χ2n) is 5.44. The van der Waals surface area contributed by atoms with Crippen molar-refractivity contribution >= 4 is 11.6 Å².